The molecule has 37 heavy (non-hydrogen) atoms. The maximum Gasteiger partial charge on any atom is 0.416 e. The Morgan fingerprint density at radius 1 is 1.05 bits per heavy atom. The van der Waals surface area contributed by atoms with Crippen LogP contribution in [0.4, 0.5) is 24.5 Å². The second kappa shape index (κ2) is 9.26. The van der Waals surface area contributed by atoms with E-state index in [1.165, 1.54) is 19.2 Å². The first kappa shape index (κ1) is 24.9. The molecule has 0 saturated heterocycles. The molecule has 0 fully saturated rings. The van der Waals surface area contributed by atoms with E-state index in [9.17, 15) is 26.4 Å². The Morgan fingerprint density at radius 3 is 2.51 bits per heavy atom. The first-order chi connectivity index (χ1) is 17.6. The number of anilines is 2. The predicted octanol–water partition coefficient (Wildman–Crippen LogP) is 6.12. The van der Waals surface area contributed by atoms with Crippen molar-refractivity contribution in [3.63, 3.8) is 0 Å². The van der Waals surface area contributed by atoms with Crippen molar-refractivity contribution in [2.45, 2.75) is 29.5 Å². The Balaban J connectivity index is 1.43. The zero-order valence-electron chi connectivity index (χ0n) is 19.6. The number of hydrogen-bond donors (Lipinski definition) is 2. The number of benzene rings is 3. The lowest BCUT2D eigenvalue weighted by Gasteiger charge is -2.37. The number of methoxy groups -OCH3 is 1. The Bertz CT molecular complexity index is 1480. The molecule has 0 unspecified atom stereocenters. The van der Waals surface area contributed by atoms with Crippen molar-refractivity contribution in [2.24, 2.45) is 5.92 Å². The number of hydrogen-bond acceptors (Lipinski definition) is 5. The second-order valence-corrected chi connectivity index (χ2v) is 10.7. The molecule has 1 aliphatic carbocycles. The number of carbonyl (C=O) groups is 1. The van der Waals surface area contributed by atoms with Crippen LogP contribution in [0.5, 0.6) is 0 Å². The molecule has 0 radical (unpaired) electrons. The minimum absolute atomic E-state index is 0.0367. The van der Waals surface area contributed by atoms with Crippen LogP contribution in [0.2, 0.25) is 0 Å². The van der Waals surface area contributed by atoms with Crippen molar-refractivity contribution in [2.75, 3.05) is 17.1 Å². The highest BCUT2D eigenvalue weighted by Gasteiger charge is 2.38. The molecular weight excluding hydrogens is 505 g/mol. The molecule has 5 rings (SSSR count). The van der Waals surface area contributed by atoms with Crippen molar-refractivity contribution in [3.05, 3.63) is 101 Å². The molecule has 2 N–H and O–H groups in total. The van der Waals surface area contributed by atoms with Crippen LogP contribution in [0.3, 0.4) is 0 Å². The summed E-state index contributed by atoms with van der Waals surface area (Å²) in [7, 11) is -2.80. The molecule has 0 amide bonds. The SMILES string of the molecule is COC(=O)c1ccc([C@H]2Nc3ccc(S(=O)(=O)Nc4cccc(C(F)(F)F)c4)cc3[C@H]3C=CC[C@H]32)cc1. The molecular formula is C27H23F3N2O4S. The molecule has 3 aromatic rings. The van der Waals surface area contributed by atoms with Gasteiger partial charge in [-0.25, -0.2) is 13.2 Å². The van der Waals surface area contributed by atoms with E-state index in [0.29, 0.717) is 5.56 Å². The van der Waals surface area contributed by atoms with Crippen LogP contribution < -0.4 is 10.0 Å². The molecule has 2 aliphatic rings. The fourth-order valence-electron chi connectivity index (χ4n) is 4.99. The summed E-state index contributed by atoms with van der Waals surface area (Å²) in [6, 6.07) is 15.9. The summed E-state index contributed by atoms with van der Waals surface area (Å²) >= 11 is 0. The third-order valence-electron chi connectivity index (χ3n) is 6.78. The van der Waals surface area contributed by atoms with Gasteiger partial charge in [0, 0.05) is 17.3 Å². The first-order valence-electron chi connectivity index (χ1n) is 11.5. The van der Waals surface area contributed by atoms with E-state index in [2.05, 4.69) is 22.2 Å². The van der Waals surface area contributed by atoms with Gasteiger partial charge in [-0.1, -0.05) is 30.4 Å². The summed E-state index contributed by atoms with van der Waals surface area (Å²) < 4.78 is 72.3. The molecule has 0 bridgehead atoms. The van der Waals surface area contributed by atoms with Crippen molar-refractivity contribution < 1.29 is 31.1 Å². The highest BCUT2D eigenvalue weighted by molar-refractivity contribution is 7.92. The average molecular weight is 529 g/mol. The van der Waals surface area contributed by atoms with E-state index < -0.39 is 27.7 Å². The van der Waals surface area contributed by atoms with Gasteiger partial charge in [-0.05, 0) is 72.0 Å². The predicted molar refractivity (Wildman–Crippen MR) is 133 cm³/mol. The van der Waals surface area contributed by atoms with E-state index in [1.54, 1.807) is 24.3 Å². The Morgan fingerprint density at radius 2 is 1.81 bits per heavy atom. The lowest BCUT2D eigenvalue weighted by Crippen LogP contribution is -2.29. The summed E-state index contributed by atoms with van der Waals surface area (Å²) in [5.74, 6) is -0.350. The van der Waals surface area contributed by atoms with Gasteiger partial charge in [0.2, 0.25) is 0 Å². The molecule has 3 aromatic carbocycles. The summed E-state index contributed by atoms with van der Waals surface area (Å²) in [6.45, 7) is 0. The largest absolute Gasteiger partial charge is 0.465 e. The van der Waals surface area contributed by atoms with E-state index in [1.807, 2.05) is 12.1 Å². The third kappa shape index (κ3) is 4.81. The highest BCUT2D eigenvalue weighted by Crippen LogP contribution is 2.50. The molecule has 1 aliphatic heterocycles. The van der Waals surface area contributed by atoms with Crippen molar-refractivity contribution in [1.29, 1.82) is 0 Å². The number of fused-ring (bicyclic) bond motifs is 3. The number of allylic oxidation sites excluding steroid dienone is 2. The number of alkyl halides is 3. The Kier molecular flexibility index (Phi) is 6.23. The molecule has 6 nitrogen and oxygen atoms in total. The van der Waals surface area contributed by atoms with Gasteiger partial charge in [0.1, 0.15) is 0 Å². The minimum atomic E-state index is -4.58. The van der Waals surface area contributed by atoms with E-state index in [-0.39, 0.29) is 28.5 Å². The maximum atomic E-state index is 13.1. The fraction of sp³-hybridized carbons (Fsp3) is 0.222. The third-order valence-corrected chi connectivity index (χ3v) is 8.16. The van der Waals surface area contributed by atoms with E-state index in [0.717, 1.165) is 41.4 Å². The normalized spacial score (nSPS) is 20.5. The van der Waals surface area contributed by atoms with Crippen LogP contribution in [-0.4, -0.2) is 21.5 Å². The monoisotopic (exact) mass is 528 g/mol. The van der Waals surface area contributed by atoms with Crippen LogP contribution in [-0.2, 0) is 20.9 Å². The standard InChI is InChI=1S/C27H23F3N2O4S/c1-36-26(33)17-10-8-16(9-11-17)25-22-7-3-6-21(22)23-15-20(12-13-24(23)31-25)37(34,35)32-19-5-2-4-18(14-19)27(28,29)30/h2-6,8-15,21-22,25,31-32H,7H2,1H3/t21-,22+,25+/m0/s1. The molecule has 0 spiro atoms. The smallest absolute Gasteiger partial charge is 0.416 e. The summed E-state index contributed by atoms with van der Waals surface area (Å²) in [5.41, 5.74) is 1.90. The van der Waals surface area contributed by atoms with Gasteiger partial charge in [0.25, 0.3) is 10.0 Å². The fourth-order valence-corrected chi connectivity index (χ4v) is 6.07. The molecule has 10 heteroatoms. The molecule has 192 valence electrons. The lowest BCUT2D eigenvalue weighted by molar-refractivity contribution is -0.137. The number of nitrogens with one attached hydrogen (secondary N) is 2. The van der Waals surface area contributed by atoms with Crippen LogP contribution in [0.25, 0.3) is 0 Å². The van der Waals surface area contributed by atoms with Gasteiger partial charge in [0.15, 0.2) is 0 Å². The zero-order valence-corrected chi connectivity index (χ0v) is 20.4. The van der Waals surface area contributed by atoms with Crippen LogP contribution in [0.1, 0.15) is 45.4 Å². The maximum absolute atomic E-state index is 13.1. The zero-order chi connectivity index (χ0) is 26.4. The lowest BCUT2D eigenvalue weighted by atomic mass is 9.77. The molecule has 1 heterocycles. The van der Waals surface area contributed by atoms with Crippen LogP contribution in [0.15, 0.2) is 83.8 Å². The Hall–Kier alpha value is -3.79. The number of carbonyl (C=O) groups excluding carboxylic acids is 1. The van der Waals surface area contributed by atoms with Gasteiger partial charge in [-0.2, -0.15) is 13.2 Å². The van der Waals surface area contributed by atoms with Gasteiger partial charge in [-0.15, -0.1) is 0 Å². The quantitative estimate of drug-likeness (QED) is 0.308. The number of ether oxygens (including phenoxy) is 1. The summed E-state index contributed by atoms with van der Waals surface area (Å²) in [5, 5.41) is 3.50. The number of halogens is 3. The van der Waals surface area contributed by atoms with Crippen molar-refractivity contribution >= 4 is 27.4 Å². The molecule has 0 saturated carbocycles. The number of esters is 1. The summed E-state index contributed by atoms with van der Waals surface area (Å²) in [4.78, 5) is 11.7. The topological polar surface area (TPSA) is 84.5 Å². The molecule has 3 atom stereocenters. The van der Waals surface area contributed by atoms with Gasteiger partial charge >= 0.3 is 12.1 Å². The highest BCUT2D eigenvalue weighted by atomic mass is 32.2. The van der Waals surface area contributed by atoms with Gasteiger partial charge in [0.05, 0.1) is 29.2 Å². The Labute approximate surface area is 212 Å². The summed E-state index contributed by atoms with van der Waals surface area (Å²) in [6.07, 6.45) is 0.305. The number of rotatable bonds is 5. The minimum Gasteiger partial charge on any atom is -0.465 e. The van der Waals surface area contributed by atoms with E-state index in [4.69, 9.17) is 4.74 Å². The molecule has 0 aromatic heterocycles. The first-order valence-corrected chi connectivity index (χ1v) is 13.0. The van der Waals surface area contributed by atoms with Crippen molar-refractivity contribution in [3.8, 4) is 0 Å². The van der Waals surface area contributed by atoms with Crippen LogP contribution in [0, 0.1) is 5.92 Å². The van der Waals surface area contributed by atoms with Crippen LogP contribution >= 0.6 is 0 Å². The van der Waals surface area contributed by atoms with Gasteiger partial charge in [-0.3, -0.25) is 4.72 Å². The number of sulfonamides is 1. The second-order valence-electron chi connectivity index (χ2n) is 9.02. The van der Waals surface area contributed by atoms with Gasteiger partial charge < -0.3 is 10.1 Å². The average Bonchev–Trinajstić information content (AvgIpc) is 3.37. The van der Waals surface area contributed by atoms with Crippen molar-refractivity contribution in [1.82, 2.24) is 0 Å². The van der Waals surface area contributed by atoms with E-state index >= 15 is 0 Å².